The summed E-state index contributed by atoms with van der Waals surface area (Å²) in [6, 6.07) is 5.14. The standard InChI is InChI=1S/C10H10N2O2/c1-6-7(5-11)3-4-8(14-2)9(6)10(12)13/h3-4H,1-2H3,(H2,12,13). The Balaban J connectivity index is 3.49. The number of nitriles is 1. The van der Waals surface area contributed by atoms with Gasteiger partial charge >= 0.3 is 0 Å². The quantitative estimate of drug-likeness (QED) is 0.755. The molecule has 0 aromatic heterocycles. The van der Waals surface area contributed by atoms with Crippen LogP contribution in [0.15, 0.2) is 12.1 Å². The van der Waals surface area contributed by atoms with Crippen LogP contribution in [0.25, 0.3) is 0 Å². The molecule has 72 valence electrons. The number of rotatable bonds is 2. The first-order valence-corrected chi connectivity index (χ1v) is 3.99. The van der Waals surface area contributed by atoms with Crippen LogP contribution in [0.1, 0.15) is 21.5 Å². The van der Waals surface area contributed by atoms with E-state index in [-0.39, 0.29) is 5.56 Å². The number of carbonyl (C=O) groups is 1. The molecule has 0 saturated heterocycles. The summed E-state index contributed by atoms with van der Waals surface area (Å²) in [4.78, 5) is 11.1. The predicted molar refractivity (Wildman–Crippen MR) is 51.0 cm³/mol. The molecule has 2 N–H and O–H groups in total. The molecule has 0 atom stereocenters. The van der Waals surface area contributed by atoms with E-state index >= 15 is 0 Å². The molecule has 4 heteroatoms. The van der Waals surface area contributed by atoms with Crippen molar-refractivity contribution in [3.8, 4) is 11.8 Å². The molecule has 0 aliphatic heterocycles. The number of amides is 1. The summed E-state index contributed by atoms with van der Waals surface area (Å²) in [5, 5.41) is 8.75. The van der Waals surface area contributed by atoms with E-state index in [1.807, 2.05) is 6.07 Å². The maximum atomic E-state index is 11.1. The van der Waals surface area contributed by atoms with Crippen molar-refractivity contribution in [2.45, 2.75) is 6.92 Å². The van der Waals surface area contributed by atoms with Gasteiger partial charge in [0.15, 0.2) is 0 Å². The van der Waals surface area contributed by atoms with E-state index in [2.05, 4.69) is 0 Å². The van der Waals surface area contributed by atoms with Crippen molar-refractivity contribution in [3.63, 3.8) is 0 Å². The minimum Gasteiger partial charge on any atom is -0.496 e. The number of nitrogens with zero attached hydrogens (tertiary/aromatic N) is 1. The second-order valence-electron chi connectivity index (χ2n) is 2.79. The van der Waals surface area contributed by atoms with Crippen LogP contribution < -0.4 is 10.5 Å². The van der Waals surface area contributed by atoms with E-state index in [9.17, 15) is 4.79 Å². The summed E-state index contributed by atoms with van der Waals surface area (Å²) in [5.41, 5.74) is 6.44. The first-order valence-electron chi connectivity index (χ1n) is 3.99. The fraction of sp³-hybridized carbons (Fsp3) is 0.200. The molecule has 0 fully saturated rings. The smallest absolute Gasteiger partial charge is 0.252 e. The molecule has 1 aromatic carbocycles. The van der Waals surface area contributed by atoms with Gasteiger partial charge in [0.1, 0.15) is 5.75 Å². The van der Waals surface area contributed by atoms with Gasteiger partial charge in [-0.1, -0.05) is 0 Å². The van der Waals surface area contributed by atoms with Gasteiger partial charge in [0, 0.05) is 0 Å². The number of hydrogen-bond donors (Lipinski definition) is 1. The van der Waals surface area contributed by atoms with E-state index in [1.165, 1.54) is 7.11 Å². The van der Waals surface area contributed by atoms with E-state index in [1.54, 1.807) is 19.1 Å². The number of ether oxygens (including phenoxy) is 1. The van der Waals surface area contributed by atoms with Crippen LogP contribution in [0.3, 0.4) is 0 Å². The Morgan fingerprint density at radius 3 is 2.64 bits per heavy atom. The first-order chi connectivity index (χ1) is 6.61. The van der Waals surface area contributed by atoms with Gasteiger partial charge in [-0.2, -0.15) is 5.26 Å². The summed E-state index contributed by atoms with van der Waals surface area (Å²) in [6.45, 7) is 1.67. The molecule has 1 aromatic rings. The van der Waals surface area contributed by atoms with Crippen molar-refractivity contribution in [1.29, 1.82) is 5.26 Å². The highest BCUT2D eigenvalue weighted by Crippen LogP contribution is 2.23. The predicted octanol–water partition coefficient (Wildman–Crippen LogP) is 0.974. The van der Waals surface area contributed by atoms with E-state index in [0.717, 1.165) is 0 Å². The van der Waals surface area contributed by atoms with E-state index < -0.39 is 5.91 Å². The average molecular weight is 190 g/mol. The second kappa shape index (κ2) is 3.79. The molecule has 0 aliphatic rings. The number of methoxy groups -OCH3 is 1. The minimum absolute atomic E-state index is 0.270. The normalized spacial score (nSPS) is 9.21. The van der Waals surface area contributed by atoms with Crippen molar-refractivity contribution in [2.24, 2.45) is 5.73 Å². The largest absolute Gasteiger partial charge is 0.496 e. The van der Waals surface area contributed by atoms with Gasteiger partial charge in [-0.05, 0) is 24.6 Å². The highest BCUT2D eigenvalue weighted by molar-refractivity contribution is 5.97. The Kier molecular flexibility index (Phi) is 2.73. The summed E-state index contributed by atoms with van der Waals surface area (Å²) in [7, 11) is 1.45. The van der Waals surface area contributed by atoms with E-state index in [0.29, 0.717) is 16.9 Å². The highest BCUT2D eigenvalue weighted by atomic mass is 16.5. The maximum absolute atomic E-state index is 11.1. The summed E-state index contributed by atoms with van der Waals surface area (Å²) < 4.78 is 4.98. The summed E-state index contributed by atoms with van der Waals surface area (Å²) in [6.07, 6.45) is 0. The number of hydrogen-bond acceptors (Lipinski definition) is 3. The first kappa shape index (κ1) is 10.1. The zero-order chi connectivity index (χ0) is 10.7. The van der Waals surface area contributed by atoms with Gasteiger partial charge < -0.3 is 10.5 Å². The van der Waals surface area contributed by atoms with Crippen molar-refractivity contribution in [3.05, 3.63) is 28.8 Å². The van der Waals surface area contributed by atoms with Crippen molar-refractivity contribution >= 4 is 5.91 Å². The molecule has 1 rings (SSSR count). The molecular weight excluding hydrogens is 180 g/mol. The number of carbonyl (C=O) groups excluding carboxylic acids is 1. The Morgan fingerprint density at radius 1 is 1.57 bits per heavy atom. The molecule has 0 saturated carbocycles. The molecule has 1 amide bonds. The Labute approximate surface area is 81.9 Å². The SMILES string of the molecule is COc1ccc(C#N)c(C)c1C(N)=O. The summed E-state index contributed by atoms with van der Waals surface area (Å²) >= 11 is 0. The molecule has 0 radical (unpaired) electrons. The van der Waals surface area contributed by atoms with Gasteiger partial charge in [0.05, 0.1) is 24.3 Å². The topological polar surface area (TPSA) is 76.1 Å². The molecule has 4 nitrogen and oxygen atoms in total. The number of primary amides is 1. The molecule has 14 heavy (non-hydrogen) atoms. The van der Waals surface area contributed by atoms with Gasteiger partial charge in [-0.3, -0.25) is 4.79 Å². The lowest BCUT2D eigenvalue weighted by Gasteiger charge is -2.09. The van der Waals surface area contributed by atoms with Crippen molar-refractivity contribution in [2.75, 3.05) is 7.11 Å². The fourth-order valence-electron chi connectivity index (χ4n) is 1.28. The highest BCUT2D eigenvalue weighted by Gasteiger charge is 2.14. The maximum Gasteiger partial charge on any atom is 0.252 e. The Bertz CT molecular complexity index is 419. The van der Waals surface area contributed by atoms with Crippen LogP contribution in [-0.2, 0) is 0 Å². The third-order valence-corrected chi connectivity index (χ3v) is 2.01. The number of benzene rings is 1. The van der Waals surface area contributed by atoms with Gasteiger partial charge in [-0.15, -0.1) is 0 Å². The lowest BCUT2D eigenvalue weighted by molar-refractivity contribution is 0.0996. The average Bonchev–Trinajstić information content (AvgIpc) is 2.16. The monoisotopic (exact) mass is 190 g/mol. The van der Waals surface area contributed by atoms with Gasteiger partial charge in [0.25, 0.3) is 5.91 Å². The molecule has 0 bridgehead atoms. The number of nitrogens with two attached hydrogens (primary N) is 1. The van der Waals surface area contributed by atoms with E-state index in [4.69, 9.17) is 15.7 Å². The van der Waals surface area contributed by atoms with Gasteiger partial charge in [0.2, 0.25) is 0 Å². The minimum atomic E-state index is -0.587. The van der Waals surface area contributed by atoms with Gasteiger partial charge in [-0.25, -0.2) is 0 Å². The van der Waals surface area contributed by atoms with Crippen LogP contribution in [0.4, 0.5) is 0 Å². The zero-order valence-corrected chi connectivity index (χ0v) is 8.00. The Hall–Kier alpha value is -2.02. The third-order valence-electron chi connectivity index (χ3n) is 2.01. The molecule has 0 unspecified atom stereocenters. The zero-order valence-electron chi connectivity index (χ0n) is 8.00. The summed E-state index contributed by atoms with van der Waals surface area (Å²) in [5.74, 6) is -0.189. The molecule has 0 spiro atoms. The Morgan fingerprint density at radius 2 is 2.21 bits per heavy atom. The van der Waals surface area contributed by atoms with Crippen LogP contribution in [0, 0.1) is 18.3 Å². The van der Waals surface area contributed by atoms with Crippen LogP contribution in [0.5, 0.6) is 5.75 Å². The second-order valence-corrected chi connectivity index (χ2v) is 2.79. The third kappa shape index (κ3) is 1.52. The van der Waals surface area contributed by atoms with Crippen molar-refractivity contribution < 1.29 is 9.53 Å². The molecule has 0 heterocycles. The lowest BCUT2D eigenvalue weighted by Crippen LogP contribution is -2.15. The fourth-order valence-corrected chi connectivity index (χ4v) is 1.28. The van der Waals surface area contributed by atoms with Crippen molar-refractivity contribution in [1.82, 2.24) is 0 Å². The molecule has 0 aliphatic carbocycles. The molecular formula is C10H10N2O2. The lowest BCUT2D eigenvalue weighted by atomic mass is 10.0. The van der Waals surface area contributed by atoms with Crippen LogP contribution >= 0.6 is 0 Å². The van der Waals surface area contributed by atoms with Crippen LogP contribution in [0.2, 0.25) is 0 Å². The van der Waals surface area contributed by atoms with Crippen LogP contribution in [-0.4, -0.2) is 13.0 Å².